The topological polar surface area (TPSA) is 26.7 Å². The lowest BCUT2D eigenvalue weighted by molar-refractivity contribution is 0.0341. The van der Waals surface area contributed by atoms with E-state index in [1.807, 2.05) is 0 Å². The fourth-order valence-electron chi connectivity index (χ4n) is 2.46. The molecule has 1 heterocycles. The maximum atomic E-state index is 9.03. The van der Waals surface area contributed by atoms with Crippen molar-refractivity contribution in [1.29, 1.82) is 0 Å². The molecule has 3 nitrogen and oxygen atoms in total. The van der Waals surface area contributed by atoms with E-state index in [1.165, 1.54) is 6.54 Å². The molecule has 0 amide bonds. The van der Waals surface area contributed by atoms with Crippen molar-refractivity contribution in [3.63, 3.8) is 0 Å². The first-order chi connectivity index (χ1) is 7.04. The fraction of sp³-hybridized carbons (Fsp3) is 1.00. The van der Waals surface area contributed by atoms with Crippen LogP contribution in [0.5, 0.6) is 0 Å². The van der Waals surface area contributed by atoms with Gasteiger partial charge in [-0.25, -0.2) is 0 Å². The van der Waals surface area contributed by atoms with E-state index in [2.05, 4.69) is 37.6 Å². The summed E-state index contributed by atoms with van der Waals surface area (Å²) < 4.78 is 0. The monoisotopic (exact) mass is 214 g/mol. The second-order valence-corrected chi connectivity index (χ2v) is 5.30. The molecule has 1 fully saturated rings. The van der Waals surface area contributed by atoms with Gasteiger partial charge >= 0.3 is 0 Å². The van der Waals surface area contributed by atoms with Crippen molar-refractivity contribution in [3.8, 4) is 0 Å². The highest BCUT2D eigenvalue weighted by molar-refractivity contribution is 4.85. The molecule has 2 unspecified atom stereocenters. The van der Waals surface area contributed by atoms with Gasteiger partial charge in [-0.3, -0.25) is 4.90 Å². The third-order valence-corrected chi connectivity index (χ3v) is 3.31. The highest BCUT2D eigenvalue weighted by Crippen LogP contribution is 2.17. The summed E-state index contributed by atoms with van der Waals surface area (Å²) in [5.41, 5.74) is 0. The Bertz CT molecular complexity index is 184. The van der Waals surface area contributed by atoms with Crippen LogP contribution in [0, 0.1) is 5.92 Å². The lowest BCUT2D eigenvalue weighted by Crippen LogP contribution is -2.56. The Labute approximate surface area is 94.1 Å². The summed E-state index contributed by atoms with van der Waals surface area (Å²) in [4.78, 5) is 4.95. The lowest BCUT2D eigenvalue weighted by Gasteiger charge is -2.44. The molecule has 1 rings (SSSR count). The van der Waals surface area contributed by atoms with Crippen molar-refractivity contribution in [2.45, 2.75) is 39.3 Å². The van der Waals surface area contributed by atoms with E-state index in [1.54, 1.807) is 0 Å². The maximum absolute atomic E-state index is 9.03. The summed E-state index contributed by atoms with van der Waals surface area (Å²) in [6, 6.07) is 1.18. The zero-order valence-corrected chi connectivity index (χ0v) is 10.6. The van der Waals surface area contributed by atoms with Crippen molar-refractivity contribution in [1.82, 2.24) is 9.80 Å². The van der Waals surface area contributed by atoms with Gasteiger partial charge in [-0.05, 0) is 26.3 Å². The molecule has 0 bridgehead atoms. The van der Waals surface area contributed by atoms with Crippen molar-refractivity contribution >= 4 is 0 Å². The van der Waals surface area contributed by atoms with Gasteiger partial charge in [-0.1, -0.05) is 13.8 Å². The van der Waals surface area contributed by atoms with E-state index in [9.17, 15) is 0 Å². The van der Waals surface area contributed by atoms with Gasteiger partial charge < -0.3 is 10.0 Å². The summed E-state index contributed by atoms with van der Waals surface area (Å²) in [6.07, 6.45) is 0.901. The van der Waals surface area contributed by atoms with Crippen LogP contribution in [-0.4, -0.2) is 60.3 Å². The average Bonchev–Trinajstić information content (AvgIpc) is 2.12. The summed E-state index contributed by atoms with van der Waals surface area (Å²) in [6.45, 7) is 10.6. The van der Waals surface area contributed by atoms with Gasteiger partial charge in [0.25, 0.3) is 0 Å². The number of likely N-dealkylation sites (N-methyl/N-ethyl adjacent to an activating group) is 1. The molecule has 1 aliphatic heterocycles. The fourth-order valence-corrected chi connectivity index (χ4v) is 2.46. The SMILES string of the molecule is CC(C)CN1CC(CCO)N(C)CC1C. The van der Waals surface area contributed by atoms with Gasteiger partial charge in [0.05, 0.1) is 0 Å². The molecule has 0 aromatic carbocycles. The summed E-state index contributed by atoms with van der Waals surface area (Å²) in [5.74, 6) is 0.727. The zero-order valence-electron chi connectivity index (χ0n) is 10.6. The molecule has 2 atom stereocenters. The molecule has 3 heteroatoms. The summed E-state index contributed by atoms with van der Waals surface area (Å²) in [5, 5.41) is 9.03. The summed E-state index contributed by atoms with van der Waals surface area (Å²) >= 11 is 0. The molecule has 1 aliphatic rings. The first-order valence-electron chi connectivity index (χ1n) is 6.09. The Morgan fingerprint density at radius 2 is 2.00 bits per heavy atom. The maximum Gasteiger partial charge on any atom is 0.0446 e. The Kier molecular flexibility index (Phi) is 5.03. The van der Waals surface area contributed by atoms with Gasteiger partial charge in [0.1, 0.15) is 0 Å². The van der Waals surface area contributed by atoms with Gasteiger partial charge in [0.15, 0.2) is 0 Å². The third kappa shape index (κ3) is 3.74. The minimum absolute atomic E-state index is 0.304. The molecule has 0 saturated carbocycles. The van der Waals surface area contributed by atoms with Crippen LogP contribution in [0.25, 0.3) is 0 Å². The number of aliphatic hydroxyl groups excluding tert-OH is 1. The predicted molar refractivity (Wildman–Crippen MR) is 64.0 cm³/mol. The Balaban J connectivity index is 2.50. The largest absolute Gasteiger partial charge is 0.396 e. The first kappa shape index (κ1) is 12.9. The molecule has 0 spiro atoms. The van der Waals surface area contributed by atoms with Gasteiger partial charge in [0.2, 0.25) is 0 Å². The van der Waals surface area contributed by atoms with Crippen molar-refractivity contribution in [3.05, 3.63) is 0 Å². The molecule has 1 N–H and O–H groups in total. The third-order valence-electron chi connectivity index (χ3n) is 3.31. The highest BCUT2D eigenvalue weighted by Gasteiger charge is 2.28. The van der Waals surface area contributed by atoms with Crippen molar-refractivity contribution < 1.29 is 5.11 Å². The van der Waals surface area contributed by atoms with Crippen LogP contribution in [0.15, 0.2) is 0 Å². The number of nitrogens with zero attached hydrogens (tertiary/aromatic N) is 2. The molecule has 15 heavy (non-hydrogen) atoms. The van der Waals surface area contributed by atoms with E-state index in [0.29, 0.717) is 18.7 Å². The second kappa shape index (κ2) is 5.83. The molecule has 0 aromatic heterocycles. The van der Waals surface area contributed by atoms with Crippen LogP contribution in [0.1, 0.15) is 27.2 Å². The number of aliphatic hydroxyl groups is 1. The van der Waals surface area contributed by atoms with E-state index in [4.69, 9.17) is 5.11 Å². The van der Waals surface area contributed by atoms with E-state index >= 15 is 0 Å². The van der Waals surface area contributed by atoms with Crippen molar-refractivity contribution in [2.75, 3.05) is 33.3 Å². The standard InChI is InChI=1S/C12H26N2O/c1-10(2)7-14-9-12(5-6-15)13(4)8-11(14)3/h10-12,15H,5-9H2,1-4H3. The van der Waals surface area contributed by atoms with Crippen LogP contribution in [-0.2, 0) is 0 Å². The van der Waals surface area contributed by atoms with Gasteiger partial charge in [-0.2, -0.15) is 0 Å². The van der Waals surface area contributed by atoms with E-state index in [0.717, 1.165) is 25.4 Å². The number of hydrogen-bond donors (Lipinski definition) is 1. The van der Waals surface area contributed by atoms with Gasteiger partial charge in [-0.15, -0.1) is 0 Å². The van der Waals surface area contributed by atoms with Crippen LogP contribution in [0.2, 0.25) is 0 Å². The van der Waals surface area contributed by atoms with Crippen LogP contribution in [0.4, 0.5) is 0 Å². The van der Waals surface area contributed by atoms with Crippen LogP contribution < -0.4 is 0 Å². The molecule has 0 radical (unpaired) electrons. The van der Waals surface area contributed by atoms with Gasteiger partial charge in [0, 0.05) is 38.3 Å². The first-order valence-corrected chi connectivity index (χ1v) is 6.09. The van der Waals surface area contributed by atoms with Crippen LogP contribution >= 0.6 is 0 Å². The van der Waals surface area contributed by atoms with E-state index < -0.39 is 0 Å². The summed E-state index contributed by atoms with van der Waals surface area (Å²) in [7, 11) is 2.17. The average molecular weight is 214 g/mol. The minimum Gasteiger partial charge on any atom is -0.396 e. The zero-order chi connectivity index (χ0) is 11.4. The van der Waals surface area contributed by atoms with Crippen molar-refractivity contribution in [2.24, 2.45) is 5.92 Å². The molecule has 90 valence electrons. The molecular formula is C12H26N2O. The highest BCUT2D eigenvalue weighted by atomic mass is 16.3. The van der Waals surface area contributed by atoms with Crippen LogP contribution in [0.3, 0.4) is 0 Å². The Morgan fingerprint density at radius 1 is 1.33 bits per heavy atom. The van der Waals surface area contributed by atoms with E-state index in [-0.39, 0.29) is 0 Å². The Morgan fingerprint density at radius 3 is 2.53 bits per heavy atom. The molecule has 0 aromatic rings. The molecule has 1 saturated heterocycles. The molecule has 0 aliphatic carbocycles. The minimum atomic E-state index is 0.304. The molecular weight excluding hydrogens is 188 g/mol. The Hall–Kier alpha value is -0.120. The number of rotatable bonds is 4. The lowest BCUT2D eigenvalue weighted by atomic mass is 10.0. The smallest absolute Gasteiger partial charge is 0.0446 e. The quantitative estimate of drug-likeness (QED) is 0.757. The number of piperazine rings is 1. The second-order valence-electron chi connectivity index (χ2n) is 5.30. The number of hydrogen-bond acceptors (Lipinski definition) is 3. The normalized spacial score (nSPS) is 30.0. The predicted octanol–water partition coefficient (Wildman–Crippen LogP) is 1.03.